The Bertz CT molecular complexity index is 810. The van der Waals surface area contributed by atoms with Gasteiger partial charge in [0.2, 0.25) is 0 Å². The molecular formula is C20H23N3S. The van der Waals surface area contributed by atoms with Crippen LogP contribution in [0.5, 0.6) is 0 Å². The fourth-order valence-corrected chi connectivity index (χ4v) is 3.71. The SMILES string of the molecule is CC[C@H](NCc1cnc(-c2ccccc2C)s1)c1cc(C)ccn1. The van der Waals surface area contributed by atoms with Crippen molar-refractivity contribution in [2.75, 3.05) is 0 Å². The Morgan fingerprint density at radius 3 is 2.71 bits per heavy atom. The number of benzene rings is 1. The molecule has 0 unspecified atom stereocenters. The van der Waals surface area contributed by atoms with E-state index in [1.165, 1.54) is 21.6 Å². The van der Waals surface area contributed by atoms with E-state index in [0.29, 0.717) is 0 Å². The summed E-state index contributed by atoms with van der Waals surface area (Å²) >= 11 is 1.76. The first-order valence-electron chi connectivity index (χ1n) is 8.34. The van der Waals surface area contributed by atoms with E-state index in [1.807, 2.05) is 18.5 Å². The van der Waals surface area contributed by atoms with Crippen molar-refractivity contribution in [1.29, 1.82) is 0 Å². The first kappa shape index (κ1) is 16.8. The van der Waals surface area contributed by atoms with Crippen LogP contribution in [0, 0.1) is 13.8 Å². The minimum absolute atomic E-state index is 0.272. The molecule has 0 saturated carbocycles. The number of aromatic nitrogens is 2. The van der Waals surface area contributed by atoms with Crippen molar-refractivity contribution in [3.63, 3.8) is 0 Å². The van der Waals surface area contributed by atoms with E-state index in [2.05, 4.69) is 66.4 Å². The highest BCUT2D eigenvalue weighted by Gasteiger charge is 2.12. The van der Waals surface area contributed by atoms with Gasteiger partial charge in [-0.15, -0.1) is 11.3 Å². The fourth-order valence-electron chi connectivity index (χ4n) is 2.76. The summed E-state index contributed by atoms with van der Waals surface area (Å²) in [6.45, 7) is 7.24. The lowest BCUT2D eigenvalue weighted by Crippen LogP contribution is -2.20. The van der Waals surface area contributed by atoms with Crippen molar-refractivity contribution < 1.29 is 0 Å². The summed E-state index contributed by atoms with van der Waals surface area (Å²) in [6, 6.07) is 12.9. The van der Waals surface area contributed by atoms with Gasteiger partial charge in [-0.25, -0.2) is 4.98 Å². The van der Waals surface area contributed by atoms with Crippen LogP contribution in [0.2, 0.25) is 0 Å². The second-order valence-corrected chi connectivity index (χ2v) is 7.16. The average Bonchev–Trinajstić information content (AvgIpc) is 3.05. The summed E-state index contributed by atoms with van der Waals surface area (Å²) in [5.41, 5.74) is 4.85. The van der Waals surface area contributed by atoms with Crippen LogP contribution >= 0.6 is 11.3 Å². The summed E-state index contributed by atoms with van der Waals surface area (Å²) in [5, 5.41) is 4.71. The molecule has 2 heterocycles. The molecule has 3 rings (SSSR count). The van der Waals surface area contributed by atoms with Crippen molar-refractivity contribution >= 4 is 11.3 Å². The average molecular weight is 337 g/mol. The molecule has 0 spiro atoms. The molecule has 0 saturated heterocycles. The maximum Gasteiger partial charge on any atom is 0.123 e. The highest BCUT2D eigenvalue weighted by Crippen LogP contribution is 2.28. The van der Waals surface area contributed by atoms with Gasteiger partial charge in [-0.2, -0.15) is 0 Å². The molecule has 124 valence electrons. The summed E-state index contributed by atoms with van der Waals surface area (Å²) in [6.07, 6.45) is 4.88. The van der Waals surface area contributed by atoms with Gasteiger partial charge in [0.05, 0.1) is 5.69 Å². The highest BCUT2D eigenvalue weighted by molar-refractivity contribution is 7.15. The van der Waals surface area contributed by atoms with E-state index in [0.717, 1.165) is 23.7 Å². The Labute approximate surface area is 147 Å². The zero-order chi connectivity index (χ0) is 16.9. The van der Waals surface area contributed by atoms with Crippen molar-refractivity contribution in [3.8, 4) is 10.6 Å². The zero-order valence-corrected chi connectivity index (χ0v) is 15.2. The molecule has 4 heteroatoms. The van der Waals surface area contributed by atoms with E-state index >= 15 is 0 Å². The Morgan fingerprint density at radius 1 is 1.12 bits per heavy atom. The second-order valence-electron chi connectivity index (χ2n) is 6.05. The van der Waals surface area contributed by atoms with E-state index in [9.17, 15) is 0 Å². The Kier molecular flexibility index (Phi) is 5.38. The number of rotatable bonds is 6. The summed E-state index contributed by atoms with van der Waals surface area (Å²) in [5.74, 6) is 0. The van der Waals surface area contributed by atoms with Gasteiger partial charge in [0.1, 0.15) is 5.01 Å². The van der Waals surface area contributed by atoms with Crippen LogP contribution in [-0.4, -0.2) is 9.97 Å². The molecule has 1 atom stereocenters. The summed E-state index contributed by atoms with van der Waals surface area (Å²) < 4.78 is 0. The molecule has 3 nitrogen and oxygen atoms in total. The normalized spacial score (nSPS) is 12.3. The largest absolute Gasteiger partial charge is 0.304 e. The monoisotopic (exact) mass is 337 g/mol. The molecule has 24 heavy (non-hydrogen) atoms. The van der Waals surface area contributed by atoms with Gasteiger partial charge < -0.3 is 5.32 Å². The van der Waals surface area contributed by atoms with Crippen LogP contribution in [0.3, 0.4) is 0 Å². The topological polar surface area (TPSA) is 37.8 Å². The highest BCUT2D eigenvalue weighted by atomic mass is 32.1. The van der Waals surface area contributed by atoms with Crippen molar-refractivity contribution in [2.24, 2.45) is 0 Å². The van der Waals surface area contributed by atoms with Gasteiger partial charge in [0.25, 0.3) is 0 Å². The lowest BCUT2D eigenvalue weighted by atomic mass is 10.1. The van der Waals surface area contributed by atoms with Gasteiger partial charge in [-0.3, -0.25) is 4.98 Å². The maximum absolute atomic E-state index is 4.60. The minimum Gasteiger partial charge on any atom is -0.304 e. The predicted octanol–water partition coefficient (Wildman–Crippen LogP) is 5.06. The molecule has 0 aliphatic rings. The van der Waals surface area contributed by atoms with Gasteiger partial charge in [0, 0.05) is 35.4 Å². The van der Waals surface area contributed by atoms with Crippen LogP contribution in [0.4, 0.5) is 0 Å². The second kappa shape index (κ2) is 7.69. The van der Waals surface area contributed by atoms with E-state index < -0.39 is 0 Å². The number of hydrogen-bond donors (Lipinski definition) is 1. The van der Waals surface area contributed by atoms with Crippen molar-refractivity contribution in [2.45, 2.75) is 39.8 Å². The number of pyridine rings is 1. The maximum atomic E-state index is 4.60. The number of aryl methyl sites for hydroxylation is 2. The van der Waals surface area contributed by atoms with Crippen molar-refractivity contribution in [1.82, 2.24) is 15.3 Å². The number of hydrogen-bond acceptors (Lipinski definition) is 4. The third-order valence-corrected chi connectivity index (χ3v) is 5.18. The molecule has 0 amide bonds. The molecule has 0 radical (unpaired) electrons. The first-order chi connectivity index (χ1) is 11.7. The molecule has 3 aromatic rings. The Hall–Kier alpha value is -2.04. The lowest BCUT2D eigenvalue weighted by molar-refractivity contribution is 0.509. The third-order valence-electron chi connectivity index (χ3n) is 4.15. The van der Waals surface area contributed by atoms with Crippen LogP contribution in [0.15, 0.2) is 48.8 Å². The Balaban J connectivity index is 1.70. The minimum atomic E-state index is 0.272. The molecule has 1 aromatic carbocycles. The number of nitrogens with one attached hydrogen (secondary N) is 1. The quantitative estimate of drug-likeness (QED) is 0.683. The lowest BCUT2D eigenvalue weighted by Gasteiger charge is -2.16. The predicted molar refractivity (Wildman–Crippen MR) is 101 cm³/mol. The third kappa shape index (κ3) is 3.89. The molecule has 2 aromatic heterocycles. The molecular weight excluding hydrogens is 314 g/mol. The van der Waals surface area contributed by atoms with Crippen LogP contribution in [0.1, 0.15) is 41.1 Å². The van der Waals surface area contributed by atoms with Crippen LogP contribution in [-0.2, 0) is 6.54 Å². The molecule has 0 aliphatic carbocycles. The Morgan fingerprint density at radius 2 is 1.96 bits per heavy atom. The van der Waals surface area contributed by atoms with Gasteiger partial charge >= 0.3 is 0 Å². The smallest absolute Gasteiger partial charge is 0.123 e. The molecule has 1 N–H and O–H groups in total. The molecule has 0 bridgehead atoms. The molecule has 0 aliphatic heterocycles. The van der Waals surface area contributed by atoms with Crippen LogP contribution < -0.4 is 5.32 Å². The first-order valence-corrected chi connectivity index (χ1v) is 9.15. The van der Waals surface area contributed by atoms with Gasteiger partial charge in [0.15, 0.2) is 0 Å². The number of thiazole rings is 1. The van der Waals surface area contributed by atoms with E-state index in [4.69, 9.17) is 0 Å². The van der Waals surface area contributed by atoms with Gasteiger partial charge in [-0.1, -0.05) is 31.2 Å². The van der Waals surface area contributed by atoms with E-state index in [-0.39, 0.29) is 6.04 Å². The van der Waals surface area contributed by atoms with E-state index in [1.54, 1.807) is 11.3 Å². The molecule has 0 fully saturated rings. The van der Waals surface area contributed by atoms with Crippen LogP contribution in [0.25, 0.3) is 10.6 Å². The summed E-state index contributed by atoms with van der Waals surface area (Å²) in [7, 11) is 0. The standard InChI is InChI=1S/C20H23N3S/c1-4-18(19-11-14(2)9-10-21-19)22-12-16-13-23-20(24-16)17-8-6-5-7-15(17)3/h5-11,13,18,22H,4,12H2,1-3H3/t18-/m0/s1. The number of nitrogens with zero attached hydrogens (tertiary/aromatic N) is 2. The summed E-state index contributed by atoms with van der Waals surface area (Å²) in [4.78, 5) is 10.4. The fraction of sp³-hybridized carbons (Fsp3) is 0.300. The van der Waals surface area contributed by atoms with Gasteiger partial charge in [-0.05, 0) is 43.5 Å². The van der Waals surface area contributed by atoms with Crippen molar-refractivity contribution in [3.05, 3.63) is 70.5 Å². The zero-order valence-electron chi connectivity index (χ0n) is 14.4.